The first-order chi connectivity index (χ1) is 7.99. The maximum absolute atomic E-state index is 10.9. The molecule has 1 rings (SSSR count). The molecule has 1 aliphatic carbocycles. The van der Waals surface area contributed by atoms with Crippen molar-refractivity contribution in [2.75, 3.05) is 6.54 Å². The number of nitrogens with one attached hydrogen (secondary N) is 1. The predicted octanol–water partition coefficient (Wildman–Crippen LogP) is 2.59. The molecule has 100 valence electrons. The molecule has 17 heavy (non-hydrogen) atoms. The fraction of sp³-hybridized carbons (Fsp3) is 0.929. The Bertz CT molecular complexity index is 230. The fourth-order valence-corrected chi connectivity index (χ4v) is 2.66. The molecule has 0 radical (unpaired) electrons. The number of nitrogens with two attached hydrogens (primary N) is 1. The first-order valence-corrected chi connectivity index (χ1v) is 7.03. The minimum Gasteiger partial charge on any atom is -0.370 e. The fourth-order valence-electron chi connectivity index (χ4n) is 2.66. The lowest BCUT2D eigenvalue weighted by atomic mass is 9.90. The van der Waals surface area contributed by atoms with Crippen molar-refractivity contribution >= 4 is 5.91 Å². The van der Waals surface area contributed by atoms with E-state index >= 15 is 0 Å². The molecule has 0 aliphatic heterocycles. The lowest BCUT2D eigenvalue weighted by molar-refractivity contribution is -0.119. The Balaban J connectivity index is 2.29. The molecule has 0 atom stereocenters. The number of primary amides is 1. The van der Waals surface area contributed by atoms with E-state index in [0.717, 1.165) is 12.5 Å². The Kier molecular flexibility index (Phi) is 5.96. The summed E-state index contributed by atoms with van der Waals surface area (Å²) in [6.07, 6.45) is 10.00. The molecule has 1 fully saturated rings. The average molecular weight is 240 g/mol. The van der Waals surface area contributed by atoms with E-state index in [9.17, 15) is 4.79 Å². The molecule has 3 N–H and O–H groups in total. The maximum Gasteiger partial charge on any atom is 0.219 e. The summed E-state index contributed by atoms with van der Waals surface area (Å²) in [4.78, 5) is 10.9. The van der Waals surface area contributed by atoms with Crippen LogP contribution in [0.2, 0.25) is 0 Å². The quantitative estimate of drug-likeness (QED) is 0.776. The summed E-state index contributed by atoms with van der Waals surface area (Å²) in [5.74, 6) is 0.558. The molecule has 1 aliphatic rings. The number of rotatable bonds is 5. The molecule has 3 heteroatoms. The van der Waals surface area contributed by atoms with E-state index in [1.807, 2.05) is 0 Å². The van der Waals surface area contributed by atoms with Gasteiger partial charge in [-0.3, -0.25) is 4.79 Å². The zero-order valence-electron chi connectivity index (χ0n) is 11.4. The van der Waals surface area contributed by atoms with E-state index in [1.54, 1.807) is 0 Å². The number of carbonyl (C=O) groups is 1. The Labute approximate surface area is 106 Å². The smallest absolute Gasteiger partial charge is 0.219 e. The molecule has 3 nitrogen and oxygen atoms in total. The van der Waals surface area contributed by atoms with Crippen LogP contribution in [0.5, 0.6) is 0 Å². The second kappa shape index (κ2) is 7.00. The van der Waals surface area contributed by atoms with Crippen LogP contribution in [0.25, 0.3) is 0 Å². The van der Waals surface area contributed by atoms with Gasteiger partial charge in [0.25, 0.3) is 0 Å². The molecular formula is C14H28N2O. The third kappa shape index (κ3) is 6.67. The normalized spacial score (nSPS) is 19.6. The molecular weight excluding hydrogens is 212 g/mol. The summed E-state index contributed by atoms with van der Waals surface area (Å²) < 4.78 is 0. The lowest BCUT2D eigenvalue weighted by Crippen LogP contribution is -2.44. The zero-order chi connectivity index (χ0) is 12.7. The Morgan fingerprint density at radius 2 is 1.71 bits per heavy atom. The van der Waals surface area contributed by atoms with E-state index in [1.165, 1.54) is 44.9 Å². The van der Waals surface area contributed by atoms with Crippen LogP contribution >= 0.6 is 0 Å². The van der Waals surface area contributed by atoms with E-state index in [4.69, 9.17) is 5.73 Å². The van der Waals surface area contributed by atoms with Gasteiger partial charge in [-0.05, 0) is 39.2 Å². The van der Waals surface area contributed by atoms with Crippen LogP contribution in [0.4, 0.5) is 0 Å². The molecule has 0 aromatic heterocycles. The van der Waals surface area contributed by atoms with Crippen molar-refractivity contribution in [3.05, 3.63) is 0 Å². The topological polar surface area (TPSA) is 55.1 Å². The van der Waals surface area contributed by atoms with Crippen molar-refractivity contribution in [1.82, 2.24) is 5.32 Å². The van der Waals surface area contributed by atoms with Crippen molar-refractivity contribution in [3.63, 3.8) is 0 Å². The number of amides is 1. The molecule has 0 aromatic carbocycles. The van der Waals surface area contributed by atoms with E-state index in [0.29, 0.717) is 6.42 Å². The predicted molar refractivity (Wildman–Crippen MR) is 71.7 cm³/mol. The summed E-state index contributed by atoms with van der Waals surface area (Å²) in [6, 6.07) is 0. The minimum atomic E-state index is -0.222. The standard InChI is InChI=1S/C14H28N2O/c1-14(2,10-13(15)17)16-11-12-8-6-4-3-5-7-9-12/h12,16H,3-11H2,1-2H3,(H2,15,17). The SMILES string of the molecule is CC(C)(CC(N)=O)NCC1CCCCCCC1. The molecule has 1 saturated carbocycles. The van der Waals surface area contributed by atoms with Gasteiger partial charge < -0.3 is 11.1 Å². The highest BCUT2D eigenvalue weighted by Gasteiger charge is 2.21. The van der Waals surface area contributed by atoms with E-state index in [2.05, 4.69) is 19.2 Å². The summed E-state index contributed by atoms with van der Waals surface area (Å²) in [6.45, 7) is 5.14. The molecule has 0 aromatic rings. The van der Waals surface area contributed by atoms with Gasteiger partial charge in [-0.1, -0.05) is 32.1 Å². The molecule has 0 bridgehead atoms. The van der Waals surface area contributed by atoms with Crippen LogP contribution in [-0.4, -0.2) is 18.0 Å². The van der Waals surface area contributed by atoms with Gasteiger partial charge in [0.2, 0.25) is 5.91 Å². The van der Waals surface area contributed by atoms with E-state index in [-0.39, 0.29) is 11.4 Å². The van der Waals surface area contributed by atoms with Crippen molar-refractivity contribution in [2.24, 2.45) is 11.7 Å². The largest absolute Gasteiger partial charge is 0.370 e. The first-order valence-electron chi connectivity index (χ1n) is 7.03. The van der Waals surface area contributed by atoms with Crippen LogP contribution in [0.3, 0.4) is 0 Å². The second-order valence-electron chi connectivity index (χ2n) is 6.12. The van der Waals surface area contributed by atoms with Gasteiger partial charge in [0, 0.05) is 12.0 Å². The molecule has 0 saturated heterocycles. The lowest BCUT2D eigenvalue weighted by Gasteiger charge is -2.29. The van der Waals surface area contributed by atoms with Crippen LogP contribution in [0.15, 0.2) is 0 Å². The van der Waals surface area contributed by atoms with Gasteiger partial charge in [0.05, 0.1) is 0 Å². The highest BCUT2D eigenvalue weighted by molar-refractivity contribution is 5.74. The van der Waals surface area contributed by atoms with Gasteiger partial charge >= 0.3 is 0 Å². The molecule has 0 spiro atoms. The second-order valence-corrected chi connectivity index (χ2v) is 6.12. The number of hydrogen-bond acceptors (Lipinski definition) is 2. The van der Waals surface area contributed by atoms with Gasteiger partial charge in [-0.25, -0.2) is 0 Å². The van der Waals surface area contributed by atoms with Crippen molar-refractivity contribution in [1.29, 1.82) is 0 Å². The highest BCUT2D eigenvalue weighted by Crippen LogP contribution is 2.22. The minimum absolute atomic E-state index is 0.159. The summed E-state index contributed by atoms with van der Waals surface area (Å²) in [7, 11) is 0. The van der Waals surface area contributed by atoms with Crippen LogP contribution in [0.1, 0.15) is 65.2 Å². The van der Waals surface area contributed by atoms with Crippen molar-refractivity contribution in [2.45, 2.75) is 70.8 Å². The monoisotopic (exact) mass is 240 g/mol. The highest BCUT2D eigenvalue weighted by atomic mass is 16.1. The first kappa shape index (κ1) is 14.5. The van der Waals surface area contributed by atoms with Crippen molar-refractivity contribution in [3.8, 4) is 0 Å². The maximum atomic E-state index is 10.9. The van der Waals surface area contributed by atoms with Crippen LogP contribution < -0.4 is 11.1 Å². The Morgan fingerprint density at radius 3 is 2.24 bits per heavy atom. The molecule has 0 heterocycles. The number of carbonyl (C=O) groups excluding carboxylic acids is 1. The molecule has 1 amide bonds. The Hall–Kier alpha value is -0.570. The average Bonchev–Trinajstić information content (AvgIpc) is 2.13. The summed E-state index contributed by atoms with van der Waals surface area (Å²) in [5.41, 5.74) is 5.10. The van der Waals surface area contributed by atoms with Gasteiger partial charge in [0.15, 0.2) is 0 Å². The Morgan fingerprint density at radius 1 is 1.18 bits per heavy atom. The zero-order valence-corrected chi connectivity index (χ0v) is 11.4. The van der Waals surface area contributed by atoms with Gasteiger partial charge in [-0.15, -0.1) is 0 Å². The summed E-state index contributed by atoms with van der Waals surface area (Å²) >= 11 is 0. The third-order valence-corrected chi connectivity index (χ3v) is 3.71. The van der Waals surface area contributed by atoms with Gasteiger partial charge in [-0.2, -0.15) is 0 Å². The third-order valence-electron chi connectivity index (χ3n) is 3.71. The summed E-state index contributed by atoms with van der Waals surface area (Å²) in [5, 5.41) is 3.51. The molecule has 0 unspecified atom stereocenters. The van der Waals surface area contributed by atoms with Crippen LogP contribution in [0, 0.1) is 5.92 Å². The van der Waals surface area contributed by atoms with Crippen molar-refractivity contribution < 1.29 is 4.79 Å². The van der Waals surface area contributed by atoms with E-state index < -0.39 is 0 Å². The van der Waals surface area contributed by atoms with Crippen LogP contribution in [-0.2, 0) is 4.79 Å². The number of hydrogen-bond donors (Lipinski definition) is 2. The van der Waals surface area contributed by atoms with Gasteiger partial charge in [0.1, 0.15) is 0 Å².